The number of fused-ring (bicyclic) bond motifs is 1. The molecule has 0 fully saturated rings. The van der Waals surface area contributed by atoms with Crippen molar-refractivity contribution in [3.05, 3.63) is 23.8 Å². The quantitative estimate of drug-likeness (QED) is 0.825. The molecule has 0 aliphatic carbocycles. The molecule has 1 aromatic carbocycles. The van der Waals surface area contributed by atoms with Gasteiger partial charge in [-0.1, -0.05) is 0 Å². The van der Waals surface area contributed by atoms with Gasteiger partial charge >= 0.3 is 5.97 Å². The van der Waals surface area contributed by atoms with Crippen LogP contribution < -0.4 is 14.8 Å². The number of nitrogens with one attached hydrogen (secondary N) is 1. The number of rotatable bonds is 4. The minimum absolute atomic E-state index is 0.142. The van der Waals surface area contributed by atoms with Gasteiger partial charge in [-0.15, -0.1) is 0 Å². The molecular weight excluding hydrogens is 250 g/mol. The molecule has 0 bridgehead atoms. The van der Waals surface area contributed by atoms with Crippen molar-refractivity contribution >= 4 is 11.9 Å². The molecule has 1 aliphatic heterocycles. The summed E-state index contributed by atoms with van der Waals surface area (Å²) in [4.78, 5) is 23.3. The molecule has 19 heavy (non-hydrogen) atoms. The number of ether oxygens (including phenoxy) is 3. The summed E-state index contributed by atoms with van der Waals surface area (Å²) in [7, 11) is 0. The van der Waals surface area contributed by atoms with E-state index in [1.165, 1.54) is 13.0 Å². The highest BCUT2D eigenvalue weighted by molar-refractivity contribution is 5.92. The van der Waals surface area contributed by atoms with E-state index in [0.29, 0.717) is 23.6 Å². The monoisotopic (exact) mass is 265 g/mol. The van der Waals surface area contributed by atoms with Crippen molar-refractivity contribution in [3.8, 4) is 11.5 Å². The SMILES string of the molecule is CCNC(=O)[C@@H](C)OC(=O)c1ccc2c(c1)OCO2. The Bertz CT molecular complexity index is 500. The van der Waals surface area contributed by atoms with Gasteiger partial charge in [0.1, 0.15) is 0 Å². The molecule has 0 unspecified atom stereocenters. The van der Waals surface area contributed by atoms with Gasteiger partial charge < -0.3 is 19.5 Å². The van der Waals surface area contributed by atoms with Gasteiger partial charge in [0.15, 0.2) is 17.6 Å². The van der Waals surface area contributed by atoms with Crippen LogP contribution in [0.3, 0.4) is 0 Å². The summed E-state index contributed by atoms with van der Waals surface area (Å²) in [5.74, 6) is 0.196. The topological polar surface area (TPSA) is 73.9 Å². The highest BCUT2D eigenvalue weighted by Gasteiger charge is 2.21. The van der Waals surface area contributed by atoms with Crippen LogP contribution in [0.1, 0.15) is 24.2 Å². The Morgan fingerprint density at radius 2 is 2.11 bits per heavy atom. The predicted octanol–water partition coefficient (Wildman–Crippen LogP) is 1.10. The van der Waals surface area contributed by atoms with Gasteiger partial charge in [-0.05, 0) is 32.0 Å². The summed E-state index contributed by atoms with van der Waals surface area (Å²) in [5, 5.41) is 2.58. The fourth-order valence-corrected chi connectivity index (χ4v) is 1.62. The Hall–Kier alpha value is -2.24. The molecule has 0 spiro atoms. The molecule has 0 saturated carbocycles. The average molecular weight is 265 g/mol. The maximum Gasteiger partial charge on any atom is 0.339 e. The van der Waals surface area contributed by atoms with E-state index in [9.17, 15) is 9.59 Å². The largest absolute Gasteiger partial charge is 0.454 e. The minimum atomic E-state index is -0.835. The number of esters is 1. The summed E-state index contributed by atoms with van der Waals surface area (Å²) < 4.78 is 15.4. The van der Waals surface area contributed by atoms with E-state index in [1.54, 1.807) is 19.1 Å². The second-order valence-electron chi connectivity index (χ2n) is 4.01. The highest BCUT2D eigenvalue weighted by atomic mass is 16.7. The molecule has 1 amide bonds. The van der Waals surface area contributed by atoms with Gasteiger partial charge in [0.2, 0.25) is 6.79 Å². The number of hydrogen-bond donors (Lipinski definition) is 1. The highest BCUT2D eigenvalue weighted by Crippen LogP contribution is 2.32. The van der Waals surface area contributed by atoms with Gasteiger partial charge in [0.25, 0.3) is 5.91 Å². The van der Waals surface area contributed by atoms with E-state index in [1.807, 2.05) is 0 Å². The molecule has 1 atom stereocenters. The lowest BCUT2D eigenvalue weighted by molar-refractivity contribution is -0.128. The molecule has 0 aromatic heterocycles. The molecule has 0 radical (unpaired) electrons. The smallest absolute Gasteiger partial charge is 0.339 e. The molecule has 1 aliphatic rings. The molecule has 1 aromatic rings. The standard InChI is InChI=1S/C13H15NO5/c1-3-14-12(15)8(2)19-13(16)9-4-5-10-11(6-9)18-7-17-10/h4-6,8H,3,7H2,1-2H3,(H,14,15)/t8-/m1/s1. The van der Waals surface area contributed by atoms with E-state index in [0.717, 1.165) is 0 Å². The first kappa shape index (κ1) is 13.2. The Balaban J connectivity index is 2.02. The van der Waals surface area contributed by atoms with Crippen LogP contribution in [0.2, 0.25) is 0 Å². The third-order valence-electron chi connectivity index (χ3n) is 2.61. The van der Waals surface area contributed by atoms with E-state index in [2.05, 4.69) is 5.32 Å². The second kappa shape index (κ2) is 5.60. The van der Waals surface area contributed by atoms with Gasteiger partial charge in [0, 0.05) is 6.54 Å². The lowest BCUT2D eigenvalue weighted by atomic mass is 10.2. The maximum atomic E-state index is 11.9. The van der Waals surface area contributed by atoms with Gasteiger partial charge in [-0.25, -0.2) is 4.79 Å². The number of carbonyl (C=O) groups is 2. The minimum Gasteiger partial charge on any atom is -0.454 e. The van der Waals surface area contributed by atoms with Crippen molar-refractivity contribution in [2.75, 3.05) is 13.3 Å². The molecular formula is C13H15NO5. The Kier molecular flexibility index (Phi) is 3.89. The van der Waals surface area contributed by atoms with Crippen LogP contribution in [0, 0.1) is 0 Å². The van der Waals surface area contributed by atoms with Crippen molar-refractivity contribution in [3.63, 3.8) is 0 Å². The summed E-state index contributed by atoms with van der Waals surface area (Å²) in [5.41, 5.74) is 0.320. The molecule has 6 heteroatoms. The van der Waals surface area contributed by atoms with Crippen LogP contribution in [0.4, 0.5) is 0 Å². The van der Waals surface area contributed by atoms with E-state index < -0.39 is 12.1 Å². The van der Waals surface area contributed by atoms with Crippen molar-refractivity contribution in [1.82, 2.24) is 5.32 Å². The molecule has 2 rings (SSSR count). The Morgan fingerprint density at radius 1 is 1.37 bits per heavy atom. The second-order valence-corrected chi connectivity index (χ2v) is 4.01. The Morgan fingerprint density at radius 3 is 2.84 bits per heavy atom. The first-order valence-corrected chi connectivity index (χ1v) is 6.00. The van der Waals surface area contributed by atoms with E-state index in [4.69, 9.17) is 14.2 Å². The van der Waals surface area contributed by atoms with Gasteiger partial charge in [-0.3, -0.25) is 4.79 Å². The fourth-order valence-electron chi connectivity index (χ4n) is 1.62. The van der Waals surface area contributed by atoms with Gasteiger partial charge in [0.05, 0.1) is 5.56 Å². The van der Waals surface area contributed by atoms with Crippen molar-refractivity contribution in [2.24, 2.45) is 0 Å². The average Bonchev–Trinajstić information content (AvgIpc) is 2.85. The number of carbonyl (C=O) groups excluding carboxylic acids is 2. The molecule has 1 N–H and O–H groups in total. The lowest BCUT2D eigenvalue weighted by Gasteiger charge is -2.12. The van der Waals surface area contributed by atoms with Crippen molar-refractivity contribution in [2.45, 2.75) is 20.0 Å². The number of likely N-dealkylation sites (N-methyl/N-ethyl adjacent to an activating group) is 1. The van der Waals surface area contributed by atoms with E-state index in [-0.39, 0.29) is 12.7 Å². The zero-order valence-corrected chi connectivity index (χ0v) is 10.8. The lowest BCUT2D eigenvalue weighted by Crippen LogP contribution is -2.35. The molecule has 6 nitrogen and oxygen atoms in total. The third-order valence-corrected chi connectivity index (χ3v) is 2.61. The third kappa shape index (κ3) is 2.96. The normalized spacial score (nSPS) is 13.8. The van der Waals surface area contributed by atoms with Crippen LogP contribution in [0.25, 0.3) is 0 Å². The molecule has 0 saturated heterocycles. The number of amides is 1. The predicted molar refractivity (Wildman–Crippen MR) is 66.1 cm³/mol. The molecule has 1 heterocycles. The first-order valence-electron chi connectivity index (χ1n) is 6.00. The van der Waals surface area contributed by atoms with Gasteiger partial charge in [-0.2, -0.15) is 0 Å². The summed E-state index contributed by atoms with van der Waals surface area (Å²) in [6, 6.07) is 4.74. The first-order chi connectivity index (χ1) is 9.11. The van der Waals surface area contributed by atoms with Crippen molar-refractivity contribution < 1.29 is 23.8 Å². The van der Waals surface area contributed by atoms with Crippen LogP contribution in [-0.2, 0) is 9.53 Å². The maximum absolute atomic E-state index is 11.9. The number of benzene rings is 1. The van der Waals surface area contributed by atoms with Crippen LogP contribution >= 0.6 is 0 Å². The summed E-state index contributed by atoms with van der Waals surface area (Å²) in [6.07, 6.45) is -0.835. The van der Waals surface area contributed by atoms with E-state index >= 15 is 0 Å². The van der Waals surface area contributed by atoms with Crippen molar-refractivity contribution in [1.29, 1.82) is 0 Å². The molecule has 102 valence electrons. The van der Waals surface area contributed by atoms with Crippen LogP contribution in [-0.4, -0.2) is 31.3 Å². The Labute approximate surface area is 110 Å². The summed E-state index contributed by atoms with van der Waals surface area (Å²) >= 11 is 0. The van der Waals surface area contributed by atoms with Crippen LogP contribution in [0.15, 0.2) is 18.2 Å². The fraction of sp³-hybridized carbons (Fsp3) is 0.385. The van der Waals surface area contributed by atoms with Crippen LogP contribution in [0.5, 0.6) is 11.5 Å². The number of hydrogen-bond acceptors (Lipinski definition) is 5. The zero-order chi connectivity index (χ0) is 13.8. The summed E-state index contributed by atoms with van der Waals surface area (Å²) in [6.45, 7) is 3.95. The zero-order valence-electron chi connectivity index (χ0n) is 10.8.